The molecule has 1 N–H and O–H groups in total. The number of nitrogens with one attached hydrogen (secondary N) is 1. The Labute approximate surface area is 200 Å². The van der Waals surface area contributed by atoms with E-state index in [0.29, 0.717) is 22.8 Å². The number of rotatable bonds is 9. The van der Waals surface area contributed by atoms with Gasteiger partial charge in [-0.1, -0.05) is 0 Å². The van der Waals surface area contributed by atoms with Crippen molar-refractivity contribution in [2.24, 2.45) is 5.10 Å². The lowest BCUT2D eigenvalue weighted by molar-refractivity contribution is -0.384. The minimum Gasteiger partial charge on any atom is -0.493 e. The van der Waals surface area contributed by atoms with Crippen LogP contribution in [0.5, 0.6) is 23.0 Å². The van der Waals surface area contributed by atoms with Crippen LogP contribution in [0.3, 0.4) is 0 Å². The number of benzene rings is 3. The van der Waals surface area contributed by atoms with Crippen LogP contribution in [-0.2, 0) is 0 Å². The monoisotopic (exact) mass is 479 g/mol. The van der Waals surface area contributed by atoms with Crippen LogP contribution in [0.4, 0.5) is 5.69 Å². The molecular formula is C24H21N3O8. The molecule has 180 valence electrons. The van der Waals surface area contributed by atoms with E-state index >= 15 is 0 Å². The highest BCUT2D eigenvalue weighted by molar-refractivity contribution is 5.95. The van der Waals surface area contributed by atoms with E-state index in [2.05, 4.69) is 10.5 Å². The number of methoxy groups -OCH3 is 3. The maximum absolute atomic E-state index is 12.6. The van der Waals surface area contributed by atoms with Gasteiger partial charge < -0.3 is 18.9 Å². The van der Waals surface area contributed by atoms with Crippen LogP contribution in [0.1, 0.15) is 26.3 Å². The van der Waals surface area contributed by atoms with Crippen molar-refractivity contribution < 1.29 is 33.5 Å². The van der Waals surface area contributed by atoms with Crippen LogP contribution in [0.2, 0.25) is 0 Å². The molecule has 11 nitrogen and oxygen atoms in total. The molecule has 1 amide bonds. The average molecular weight is 479 g/mol. The summed E-state index contributed by atoms with van der Waals surface area (Å²) in [5.41, 5.74) is 3.28. The summed E-state index contributed by atoms with van der Waals surface area (Å²) < 4.78 is 21.1. The molecular weight excluding hydrogens is 458 g/mol. The first-order valence-corrected chi connectivity index (χ1v) is 10.1. The standard InChI is InChI=1S/C24H21N3O8/c1-32-20-12-17(13-21(33-2)22(20)34-3)24(29)35-19-10-4-15(5-11-19)14-25-26-23(28)16-6-8-18(9-7-16)27(30)31/h4-14H,1-3H3,(H,26,28)/b25-14+. The van der Waals surface area contributed by atoms with Gasteiger partial charge in [0.1, 0.15) is 5.75 Å². The number of hydrogen-bond acceptors (Lipinski definition) is 9. The number of hydrogen-bond donors (Lipinski definition) is 1. The second-order valence-corrected chi connectivity index (χ2v) is 6.88. The van der Waals surface area contributed by atoms with Crippen LogP contribution < -0.4 is 24.4 Å². The summed E-state index contributed by atoms with van der Waals surface area (Å²) in [6.07, 6.45) is 1.40. The summed E-state index contributed by atoms with van der Waals surface area (Å²) in [5, 5.41) is 14.5. The molecule has 3 aromatic rings. The van der Waals surface area contributed by atoms with Crippen molar-refractivity contribution in [2.75, 3.05) is 21.3 Å². The summed E-state index contributed by atoms with van der Waals surface area (Å²) in [7, 11) is 4.35. The van der Waals surface area contributed by atoms with Gasteiger partial charge in [0.15, 0.2) is 11.5 Å². The second-order valence-electron chi connectivity index (χ2n) is 6.88. The number of nitro groups is 1. The molecule has 0 fully saturated rings. The summed E-state index contributed by atoms with van der Waals surface area (Å²) in [6, 6.07) is 14.5. The van der Waals surface area contributed by atoms with Crippen LogP contribution in [0.15, 0.2) is 65.8 Å². The topological polar surface area (TPSA) is 139 Å². The fourth-order valence-corrected chi connectivity index (χ4v) is 2.95. The molecule has 0 unspecified atom stereocenters. The molecule has 3 aromatic carbocycles. The highest BCUT2D eigenvalue weighted by Gasteiger charge is 2.18. The Morgan fingerprint density at radius 3 is 2.00 bits per heavy atom. The Morgan fingerprint density at radius 2 is 1.49 bits per heavy atom. The fraction of sp³-hybridized carbons (Fsp3) is 0.125. The van der Waals surface area contributed by atoms with E-state index in [1.54, 1.807) is 24.3 Å². The van der Waals surface area contributed by atoms with Gasteiger partial charge in [0.25, 0.3) is 11.6 Å². The molecule has 0 bridgehead atoms. The van der Waals surface area contributed by atoms with Crippen LogP contribution in [-0.4, -0.2) is 44.3 Å². The largest absolute Gasteiger partial charge is 0.493 e. The van der Waals surface area contributed by atoms with Crippen molar-refractivity contribution in [1.29, 1.82) is 0 Å². The first-order chi connectivity index (χ1) is 16.9. The van der Waals surface area contributed by atoms with Gasteiger partial charge in [-0.2, -0.15) is 5.10 Å². The minimum atomic E-state index is -0.624. The predicted octanol–water partition coefficient (Wildman–Crippen LogP) is 3.60. The Kier molecular flexibility index (Phi) is 7.96. The Morgan fingerprint density at radius 1 is 0.886 bits per heavy atom. The zero-order valence-electron chi connectivity index (χ0n) is 19.0. The Hall–Kier alpha value is -4.93. The molecule has 0 aliphatic heterocycles. The average Bonchev–Trinajstić information content (AvgIpc) is 2.88. The number of non-ortho nitro benzene ring substituents is 1. The number of ether oxygens (including phenoxy) is 4. The molecule has 11 heteroatoms. The minimum absolute atomic E-state index is 0.115. The fourth-order valence-electron chi connectivity index (χ4n) is 2.95. The SMILES string of the molecule is COc1cc(C(=O)Oc2ccc(/C=N/NC(=O)c3ccc([N+](=O)[O-])cc3)cc2)cc(OC)c1OC. The number of esters is 1. The normalized spacial score (nSPS) is 10.5. The molecule has 0 saturated heterocycles. The van der Waals surface area contributed by atoms with E-state index < -0.39 is 16.8 Å². The summed E-state index contributed by atoms with van der Waals surface area (Å²) in [5.74, 6) is 0.141. The lowest BCUT2D eigenvalue weighted by Gasteiger charge is -2.13. The molecule has 3 rings (SSSR count). The molecule has 0 aromatic heterocycles. The Bertz CT molecular complexity index is 1230. The number of carbonyl (C=O) groups excluding carboxylic acids is 2. The predicted molar refractivity (Wildman–Crippen MR) is 126 cm³/mol. The van der Waals surface area contributed by atoms with Crippen molar-refractivity contribution in [2.45, 2.75) is 0 Å². The molecule has 0 aliphatic rings. The zero-order valence-corrected chi connectivity index (χ0v) is 19.0. The molecule has 0 atom stereocenters. The van der Waals surface area contributed by atoms with E-state index in [1.807, 2.05) is 0 Å². The van der Waals surface area contributed by atoms with Crippen molar-refractivity contribution in [3.05, 3.63) is 87.5 Å². The zero-order chi connectivity index (χ0) is 25.4. The molecule has 35 heavy (non-hydrogen) atoms. The van der Waals surface area contributed by atoms with E-state index in [0.717, 1.165) is 0 Å². The quantitative estimate of drug-likeness (QED) is 0.161. The third-order valence-corrected chi connectivity index (χ3v) is 4.71. The van der Waals surface area contributed by atoms with Gasteiger partial charge in [0, 0.05) is 17.7 Å². The van der Waals surface area contributed by atoms with Gasteiger partial charge in [-0.3, -0.25) is 14.9 Å². The molecule has 0 aliphatic carbocycles. The number of carbonyl (C=O) groups is 2. The lowest BCUT2D eigenvalue weighted by atomic mass is 10.2. The van der Waals surface area contributed by atoms with E-state index in [-0.39, 0.29) is 22.6 Å². The van der Waals surface area contributed by atoms with Gasteiger partial charge in [0.2, 0.25) is 5.75 Å². The maximum atomic E-state index is 12.6. The van der Waals surface area contributed by atoms with Gasteiger partial charge in [-0.15, -0.1) is 0 Å². The molecule has 0 spiro atoms. The third kappa shape index (κ3) is 6.11. The number of amides is 1. The van der Waals surface area contributed by atoms with E-state index in [1.165, 1.54) is 63.9 Å². The van der Waals surface area contributed by atoms with Crippen molar-refractivity contribution in [3.8, 4) is 23.0 Å². The van der Waals surface area contributed by atoms with E-state index in [4.69, 9.17) is 18.9 Å². The highest BCUT2D eigenvalue weighted by Crippen LogP contribution is 2.38. The van der Waals surface area contributed by atoms with Crippen LogP contribution in [0, 0.1) is 10.1 Å². The molecule has 0 heterocycles. The lowest BCUT2D eigenvalue weighted by Crippen LogP contribution is -2.17. The summed E-state index contributed by atoms with van der Waals surface area (Å²) >= 11 is 0. The maximum Gasteiger partial charge on any atom is 0.343 e. The summed E-state index contributed by atoms with van der Waals surface area (Å²) in [4.78, 5) is 34.8. The van der Waals surface area contributed by atoms with Gasteiger partial charge in [-0.25, -0.2) is 10.2 Å². The number of nitrogens with zero attached hydrogens (tertiary/aromatic N) is 2. The summed E-state index contributed by atoms with van der Waals surface area (Å²) in [6.45, 7) is 0. The number of hydrazone groups is 1. The first-order valence-electron chi connectivity index (χ1n) is 10.1. The Balaban J connectivity index is 1.62. The molecule has 0 saturated carbocycles. The van der Waals surface area contributed by atoms with Crippen molar-refractivity contribution in [1.82, 2.24) is 5.43 Å². The smallest absolute Gasteiger partial charge is 0.343 e. The second kappa shape index (κ2) is 11.3. The van der Waals surface area contributed by atoms with Gasteiger partial charge in [0.05, 0.1) is 38.0 Å². The number of nitro benzene ring substituents is 1. The van der Waals surface area contributed by atoms with Gasteiger partial charge >= 0.3 is 5.97 Å². The van der Waals surface area contributed by atoms with Gasteiger partial charge in [-0.05, 0) is 54.1 Å². The first kappa shape index (κ1) is 24.7. The highest BCUT2D eigenvalue weighted by atomic mass is 16.6. The van der Waals surface area contributed by atoms with E-state index in [9.17, 15) is 19.7 Å². The van der Waals surface area contributed by atoms with Crippen LogP contribution in [0.25, 0.3) is 0 Å². The van der Waals surface area contributed by atoms with Crippen LogP contribution >= 0.6 is 0 Å². The van der Waals surface area contributed by atoms with Crippen molar-refractivity contribution >= 4 is 23.8 Å². The van der Waals surface area contributed by atoms with Crippen molar-refractivity contribution in [3.63, 3.8) is 0 Å². The molecule has 0 radical (unpaired) electrons. The third-order valence-electron chi connectivity index (χ3n) is 4.71.